The van der Waals surface area contributed by atoms with Gasteiger partial charge in [-0.2, -0.15) is 0 Å². The van der Waals surface area contributed by atoms with Crippen LogP contribution in [0.3, 0.4) is 0 Å². The quantitative estimate of drug-likeness (QED) is 0.545. The van der Waals surface area contributed by atoms with E-state index in [1.807, 2.05) is 60.7 Å². The summed E-state index contributed by atoms with van der Waals surface area (Å²) >= 11 is 7.67. The predicted molar refractivity (Wildman–Crippen MR) is 108 cm³/mol. The number of methoxy groups -OCH3 is 1. The lowest BCUT2D eigenvalue weighted by molar-refractivity contribution is -0.115. The lowest BCUT2D eigenvalue weighted by Crippen LogP contribution is -2.19. The summed E-state index contributed by atoms with van der Waals surface area (Å²) in [5, 5.41) is 3.03. The fourth-order valence-corrected chi connectivity index (χ4v) is 3.79. The van der Waals surface area contributed by atoms with Gasteiger partial charge in [-0.3, -0.25) is 4.79 Å². The van der Waals surface area contributed by atoms with Crippen LogP contribution in [0.15, 0.2) is 83.8 Å². The topological polar surface area (TPSA) is 38.3 Å². The highest BCUT2D eigenvalue weighted by atomic mass is 35.5. The van der Waals surface area contributed by atoms with Crippen LogP contribution in [0.1, 0.15) is 10.8 Å². The van der Waals surface area contributed by atoms with E-state index >= 15 is 0 Å². The Balaban J connectivity index is 1.84. The van der Waals surface area contributed by atoms with E-state index in [-0.39, 0.29) is 11.2 Å². The zero-order valence-electron chi connectivity index (χ0n) is 14.2. The lowest BCUT2D eigenvalue weighted by atomic mass is 10.1. The first-order valence-corrected chi connectivity index (χ1v) is 9.34. The number of hydrogen-bond acceptors (Lipinski definition) is 3. The van der Waals surface area contributed by atoms with Gasteiger partial charge in [0.15, 0.2) is 0 Å². The molecule has 0 heterocycles. The molecule has 0 aliphatic carbocycles. The molecule has 0 spiro atoms. The molecule has 0 aromatic heterocycles. The van der Waals surface area contributed by atoms with Gasteiger partial charge in [0.2, 0.25) is 5.91 Å². The molecule has 0 bridgehead atoms. The van der Waals surface area contributed by atoms with Crippen molar-refractivity contribution in [3.8, 4) is 5.75 Å². The maximum atomic E-state index is 13.0. The third kappa shape index (κ3) is 4.59. The second-order valence-corrected chi connectivity index (χ2v) is 7.15. The van der Waals surface area contributed by atoms with Crippen molar-refractivity contribution in [3.63, 3.8) is 0 Å². The first kappa shape index (κ1) is 18.4. The van der Waals surface area contributed by atoms with Gasteiger partial charge in [0, 0.05) is 10.6 Å². The molecule has 0 fully saturated rings. The van der Waals surface area contributed by atoms with E-state index in [0.29, 0.717) is 16.5 Å². The number of halogens is 1. The summed E-state index contributed by atoms with van der Waals surface area (Å²) in [6.45, 7) is 0. The average Bonchev–Trinajstić information content (AvgIpc) is 2.68. The van der Waals surface area contributed by atoms with Crippen molar-refractivity contribution in [2.45, 2.75) is 10.1 Å². The lowest BCUT2D eigenvalue weighted by Gasteiger charge is -2.17. The standard InChI is InChI=1S/C21H18ClNO2S/c1-25-19-13-12-16(14-18(19)22)23-21(24)20(15-8-4-2-5-9-15)26-17-10-6-3-7-11-17/h2-14,20H,1H3,(H,23,24). The van der Waals surface area contributed by atoms with Gasteiger partial charge < -0.3 is 10.1 Å². The second kappa shape index (κ2) is 8.79. The van der Waals surface area contributed by atoms with Crippen LogP contribution in [0.5, 0.6) is 5.75 Å². The summed E-state index contributed by atoms with van der Waals surface area (Å²) in [5.41, 5.74) is 1.58. The summed E-state index contributed by atoms with van der Waals surface area (Å²) in [4.78, 5) is 14.0. The van der Waals surface area contributed by atoms with Gasteiger partial charge in [0.05, 0.1) is 12.1 Å². The summed E-state index contributed by atoms with van der Waals surface area (Å²) in [5.74, 6) is 0.467. The first-order valence-electron chi connectivity index (χ1n) is 8.08. The van der Waals surface area contributed by atoms with Crippen LogP contribution in [-0.4, -0.2) is 13.0 Å². The Morgan fingerprint density at radius 1 is 1.00 bits per heavy atom. The van der Waals surface area contributed by atoms with Gasteiger partial charge in [-0.05, 0) is 35.9 Å². The summed E-state index contributed by atoms with van der Waals surface area (Å²) in [6.07, 6.45) is 0. The fraction of sp³-hybridized carbons (Fsp3) is 0.0952. The Morgan fingerprint density at radius 2 is 1.65 bits per heavy atom. The number of hydrogen-bond donors (Lipinski definition) is 1. The minimum atomic E-state index is -0.375. The SMILES string of the molecule is COc1ccc(NC(=O)C(Sc2ccccc2)c2ccccc2)cc1Cl. The number of carbonyl (C=O) groups excluding carboxylic acids is 1. The fourth-order valence-electron chi connectivity index (χ4n) is 2.49. The number of carbonyl (C=O) groups is 1. The Hall–Kier alpha value is -2.43. The van der Waals surface area contributed by atoms with E-state index in [2.05, 4.69) is 5.32 Å². The van der Waals surface area contributed by atoms with Crippen LogP contribution < -0.4 is 10.1 Å². The number of anilines is 1. The maximum absolute atomic E-state index is 13.0. The molecule has 0 saturated carbocycles. The molecule has 3 rings (SSSR count). The molecule has 3 aromatic carbocycles. The first-order chi connectivity index (χ1) is 12.7. The monoisotopic (exact) mass is 383 g/mol. The molecule has 0 saturated heterocycles. The molecule has 26 heavy (non-hydrogen) atoms. The Bertz CT molecular complexity index is 872. The van der Waals surface area contributed by atoms with Gasteiger partial charge in [0.25, 0.3) is 0 Å². The van der Waals surface area contributed by atoms with Crippen LogP contribution in [0, 0.1) is 0 Å². The zero-order chi connectivity index (χ0) is 18.4. The number of amides is 1. The third-order valence-electron chi connectivity index (χ3n) is 3.76. The Kier molecular flexibility index (Phi) is 6.21. The van der Waals surface area contributed by atoms with Gasteiger partial charge in [-0.25, -0.2) is 0 Å². The smallest absolute Gasteiger partial charge is 0.242 e. The van der Waals surface area contributed by atoms with E-state index in [1.54, 1.807) is 25.3 Å². The molecule has 1 unspecified atom stereocenters. The minimum absolute atomic E-state index is 0.105. The highest BCUT2D eigenvalue weighted by molar-refractivity contribution is 8.00. The van der Waals surface area contributed by atoms with E-state index in [4.69, 9.17) is 16.3 Å². The predicted octanol–water partition coefficient (Wildman–Crippen LogP) is 5.82. The van der Waals surface area contributed by atoms with E-state index < -0.39 is 0 Å². The largest absolute Gasteiger partial charge is 0.495 e. The number of ether oxygens (including phenoxy) is 1. The Labute approximate surface area is 162 Å². The van der Waals surface area contributed by atoms with Gasteiger partial charge in [-0.15, -0.1) is 11.8 Å². The van der Waals surface area contributed by atoms with Gasteiger partial charge in [0.1, 0.15) is 11.0 Å². The van der Waals surface area contributed by atoms with Crippen molar-refractivity contribution in [2.75, 3.05) is 12.4 Å². The third-order valence-corrected chi connectivity index (χ3v) is 5.32. The molecule has 3 nitrogen and oxygen atoms in total. The number of nitrogens with one attached hydrogen (secondary N) is 1. The molecule has 1 amide bonds. The number of thioether (sulfide) groups is 1. The van der Waals surface area contributed by atoms with Crippen molar-refractivity contribution >= 4 is 35.0 Å². The molecular formula is C21H18ClNO2S. The van der Waals surface area contributed by atoms with E-state index in [9.17, 15) is 4.79 Å². The van der Waals surface area contributed by atoms with Crippen molar-refractivity contribution in [1.29, 1.82) is 0 Å². The number of rotatable bonds is 6. The molecule has 1 atom stereocenters. The van der Waals surface area contributed by atoms with Crippen LogP contribution in [-0.2, 0) is 4.79 Å². The molecule has 132 valence electrons. The van der Waals surface area contributed by atoms with Crippen LogP contribution in [0.2, 0.25) is 5.02 Å². The van der Waals surface area contributed by atoms with Crippen LogP contribution in [0.4, 0.5) is 5.69 Å². The molecular weight excluding hydrogens is 366 g/mol. The highest BCUT2D eigenvalue weighted by Gasteiger charge is 2.22. The van der Waals surface area contributed by atoms with Crippen molar-refractivity contribution in [1.82, 2.24) is 0 Å². The van der Waals surface area contributed by atoms with Gasteiger partial charge >= 0.3 is 0 Å². The molecule has 0 aliphatic heterocycles. The summed E-state index contributed by atoms with van der Waals surface area (Å²) in [6, 6.07) is 24.8. The van der Waals surface area contributed by atoms with Crippen molar-refractivity contribution < 1.29 is 9.53 Å². The summed E-state index contributed by atoms with van der Waals surface area (Å²) in [7, 11) is 1.56. The molecule has 0 aliphatic rings. The summed E-state index contributed by atoms with van der Waals surface area (Å²) < 4.78 is 5.15. The molecule has 3 aromatic rings. The van der Waals surface area contributed by atoms with E-state index in [0.717, 1.165) is 10.5 Å². The normalized spacial score (nSPS) is 11.6. The molecule has 1 N–H and O–H groups in total. The van der Waals surface area contributed by atoms with E-state index in [1.165, 1.54) is 11.8 Å². The zero-order valence-corrected chi connectivity index (χ0v) is 15.8. The van der Waals surface area contributed by atoms with Crippen LogP contribution >= 0.6 is 23.4 Å². The average molecular weight is 384 g/mol. The van der Waals surface area contributed by atoms with Crippen LogP contribution in [0.25, 0.3) is 0 Å². The second-order valence-electron chi connectivity index (χ2n) is 5.56. The van der Waals surface area contributed by atoms with Gasteiger partial charge in [-0.1, -0.05) is 60.1 Å². The Morgan fingerprint density at radius 3 is 2.27 bits per heavy atom. The maximum Gasteiger partial charge on any atom is 0.242 e. The number of benzene rings is 3. The highest BCUT2D eigenvalue weighted by Crippen LogP contribution is 2.36. The molecule has 5 heteroatoms. The molecule has 0 radical (unpaired) electrons. The van der Waals surface area contributed by atoms with Crippen molar-refractivity contribution in [3.05, 3.63) is 89.4 Å². The minimum Gasteiger partial charge on any atom is -0.495 e. The van der Waals surface area contributed by atoms with Crippen molar-refractivity contribution in [2.24, 2.45) is 0 Å².